The van der Waals surface area contributed by atoms with E-state index in [1.54, 1.807) is 24.3 Å². The van der Waals surface area contributed by atoms with Gasteiger partial charge in [0.2, 0.25) is 5.91 Å². The summed E-state index contributed by atoms with van der Waals surface area (Å²) >= 11 is 1.45. The van der Waals surface area contributed by atoms with Crippen LogP contribution < -0.4 is 10.6 Å². The van der Waals surface area contributed by atoms with Gasteiger partial charge >= 0.3 is 0 Å². The zero-order valence-corrected chi connectivity index (χ0v) is 12.4. The van der Waals surface area contributed by atoms with Crippen molar-refractivity contribution in [3.05, 3.63) is 40.9 Å². The summed E-state index contributed by atoms with van der Waals surface area (Å²) in [6.07, 6.45) is 2.39. The van der Waals surface area contributed by atoms with Crippen LogP contribution in [0, 0.1) is 0 Å². The lowest BCUT2D eigenvalue weighted by Crippen LogP contribution is -2.12. The SMILES string of the molecule is CC(=O)Nc1ccc(C(=O)Nc2nc(C3CC3)cs2)cc1. The molecular formula is C15H15N3O2S. The van der Waals surface area contributed by atoms with Crippen molar-refractivity contribution in [3.8, 4) is 0 Å². The first kappa shape index (κ1) is 13.8. The molecule has 2 amide bonds. The van der Waals surface area contributed by atoms with Gasteiger partial charge in [0, 0.05) is 29.5 Å². The molecule has 2 aromatic rings. The minimum atomic E-state index is -0.193. The summed E-state index contributed by atoms with van der Waals surface area (Å²) in [6.45, 7) is 1.44. The highest BCUT2D eigenvalue weighted by molar-refractivity contribution is 7.14. The van der Waals surface area contributed by atoms with Crippen molar-refractivity contribution in [2.45, 2.75) is 25.7 Å². The summed E-state index contributed by atoms with van der Waals surface area (Å²) in [6, 6.07) is 6.76. The Labute approximate surface area is 126 Å². The van der Waals surface area contributed by atoms with Crippen molar-refractivity contribution in [2.24, 2.45) is 0 Å². The average molecular weight is 301 g/mol. The molecule has 21 heavy (non-hydrogen) atoms. The highest BCUT2D eigenvalue weighted by Gasteiger charge is 2.26. The fourth-order valence-corrected chi connectivity index (χ4v) is 2.77. The zero-order valence-electron chi connectivity index (χ0n) is 11.6. The van der Waals surface area contributed by atoms with Crippen molar-refractivity contribution in [1.82, 2.24) is 4.98 Å². The van der Waals surface area contributed by atoms with E-state index in [-0.39, 0.29) is 11.8 Å². The maximum absolute atomic E-state index is 12.1. The predicted octanol–water partition coefficient (Wildman–Crippen LogP) is 3.23. The Morgan fingerprint density at radius 3 is 2.52 bits per heavy atom. The van der Waals surface area contributed by atoms with Crippen LogP contribution in [0.3, 0.4) is 0 Å². The van der Waals surface area contributed by atoms with Crippen molar-refractivity contribution >= 4 is 34.0 Å². The lowest BCUT2D eigenvalue weighted by molar-refractivity contribution is -0.114. The van der Waals surface area contributed by atoms with E-state index in [1.165, 1.54) is 31.1 Å². The Morgan fingerprint density at radius 1 is 1.19 bits per heavy atom. The molecule has 108 valence electrons. The molecule has 3 rings (SSSR count). The third-order valence-electron chi connectivity index (χ3n) is 3.21. The molecule has 1 aliphatic rings. The number of carbonyl (C=O) groups is 2. The van der Waals surface area contributed by atoms with Gasteiger partial charge in [0.25, 0.3) is 5.91 Å². The topological polar surface area (TPSA) is 71.1 Å². The van der Waals surface area contributed by atoms with Gasteiger partial charge in [-0.3, -0.25) is 14.9 Å². The second-order valence-electron chi connectivity index (χ2n) is 5.06. The van der Waals surface area contributed by atoms with Gasteiger partial charge in [-0.05, 0) is 37.1 Å². The Balaban J connectivity index is 1.65. The number of rotatable bonds is 4. The van der Waals surface area contributed by atoms with E-state index in [9.17, 15) is 9.59 Å². The Kier molecular flexibility index (Phi) is 3.70. The third kappa shape index (κ3) is 3.46. The van der Waals surface area contributed by atoms with E-state index in [4.69, 9.17) is 0 Å². The summed E-state index contributed by atoms with van der Waals surface area (Å²) in [5, 5.41) is 8.10. The van der Waals surface area contributed by atoms with E-state index >= 15 is 0 Å². The number of nitrogens with one attached hydrogen (secondary N) is 2. The molecule has 1 saturated carbocycles. The molecule has 0 spiro atoms. The summed E-state index contributed by atoms with van der Waals surface area (Å²) in [5.74, 6) is 0.257. The van der Waals surface area contributed by atoms with Crippen LogP contribution in [0.15, 0.2) is 29.6 Å². The van der Waals surface area contributed by atoms with Crippen LogP contribution in [-0.4, -0.2) is 16.8 Å². The van der Waals surface area contributed by atoms with Gasteiger partial charge in [-0.2, -0.15) is 0 Å². The number of amides is 2. The summed E-state index contributed by atoms with van der Waals surface area (Å²) in [7, 11) is 0. The average Bonchev–Trinajstić information content (AvgIpc) is 3.20. The summed E-state index contributed by atoms with van der Waals surface area (Å²) in [4.78, 5) is 27.5. The maximum Gasteiger partial charge on any atom is 0.257 e. The van der Waals surface area contributed by atoms with E-state index < -0.39 is 0 Å². The second kappa shape index (κ2) is 5.65. The van der Waals surface area contributed by atoms with Gasteiger partial charge in [-0.15, -0.1) is 11.3 Å². The first-order chi connectivity index (χ1) is 10.1. The monoisotopic (exact) mass is 301 g/mol. The van der Waals surface area contributed by atoms with Gasteiger partial charge < -0.3 is 5.32 Å². The van der Waals surface area contributed by atoms with Gasteiger partial charge in [0.1, 0.15) is 0 Å². The first-order valence-electron chi connectivity index (χ1n) is 6.76. The summed E-state index contributed by atoms with van der Waals surface area (Å²) in [5.41, 5.74) is 2.29. The number of hydrogen-bond donors (Lipinski definition) is 2. The van der Waals surface area contributed by atoms with Crippen LogP contribution >= 0.6 is 11.3 Å². The molecule has 0 atom stereocenters. The van der Waals surface area contributed by atoms with Crippen molar-refractivity contribution in [3.63, 3.8) is 0 Å². The lowest BCUT2D eigenvalue weighted by Gasteiger charge is -2.04. The van der Waals surface area contributed by atoms with E-state index in [0.717, 1.165) is 5.69 Å². The molecule has 1 fully saturated rings. The fraction of sp³-hybridized carbons (Fsp3) is 0.267. The number of nitrogens with zero attached hydrogens (tertiary/aromatic N) is 1. The minimum Gasteiger partial charge on any atom is -0.326 e. The predicted molar refractivity (Wildman–Crippen MR) is 82.8 cm³/mol. The number of benzene rings is 1. The van der Waals surface area contributed by atoms with Crippen LogP contribution in [0.4, 0.5) is 10.8 Å². The van der Waals surface area contributed by atoms with E-state index in [2.05, 4.69) is 15.6 Å². The largest absolute Gasteiger partial charge is 0.326 e. The van der Waals surface area contributed by atoms with Gasteiger partial charge in [-0.25, -0.2) is 4.98 Å². The number of hydrogen-bond acceptors (Lipinski definition) is 4. The Bertz CT molecular complexity index is 674. The molecular weight excluding hydrogens is 286 g/mol. The molecule has 1 heterocycles. The molecule has 0 radical (unpaired) electrons. The first-order valence-corrected chi connectivity index (χ1v) is 7.64. The quantitative estimate of drug-likeness (QED) is 0.910. The minimum absolute atomic E-state index is 0.136. The number of anilines is 2. The van der Waals surface area contributed by atoms with Crippen LogP contribution in [0.5, 0.6) is 0 Å². The van der Waals surface area contributed by atoms with Crippen molar-refractivity contribution in [2.75, 3.05) is 10.6 Å². The maximum atomic E-state index is 12.1. The van der Waals surface area contributed by atoms with Gasteiger partial charge in [0.05, 0.1) is 5.69 Å². The van der Waals surface area contributed by atoms with Gasteiger partial charge in [-0.1, -0.05) is 0 Å². The number of carbonyl (C=O) groups excluding carboxylic acids is 2. The molecule has 0 unspecified atom stereocenters. The number of aromatic nitrogens is 1. The third-order valence-corrected chi connectivity index (χ3v) is 3.98. The highest BCUT2D eigenvalue weighted by Crippen LogP contribution is 2.40. The molecule has 1 aromatic carbocycles. The molecule has 6 heteroatoms. The molecule has 0 saturated heterocycles. The molecule has 5 nitrogen and oxygen atoms in total. The highest BCUT2D eigenvalue weighted by atomic mass is 32.1. The van der Waals surface area contributed by atoms with Crippen LogP contribution in [0.2, 0.25) is 0 Å². The van der Waals surface area contributed by atoms with Crippen LogP contribution in [0.1, 0.15) is 41.7 Å². The molecule has 1 aliphatic carbocycles. The molecule has 2 N–H and O–H groups in total. The van der Waals surface area contributed by atoms with E-state index in [0.29, 0.717) is 22.3 Å². The number of thiazole rings is 1. The standard InChI is InChI=1S/C15H15N3O2S/c1-9(19)16-12-6-4-11(5-7-12)14(20)18-15-17-13(8-21-15)10-2-3-10/h4-8,10H,2-3H2,1H3,(H,16,19)(H,17,18,20). The fourth-order valence-electron chi connectivity index (χ4n) is 1.99. The van der Waals surface area contributed by atoms with Crippen LogP contribution in [-0.2, 0) is 4.79 Å². The lowest BCUT2D eigenvalue weighted by atomic mass is 10.2. The van der Waals surface area contributed by atoms with Gasteiger partial charge in [0.15, 0.2) is 5.13 Å². The molecule has 0 aliphatic heterocycles. The van der Waals surface area contributed by atoms with Crippen molar-refractivity contribution in [1.29, 1.82) is 0 Å². The summed E-state index contributed by atoms with van der Waals surface area (Å²) < 4.78 is 0. The second-order valence-corrected chi connectivity index (χ2v) is 5.92. The smallest absolute Gasteiger partial charge is 0.257 e. The van der Waals surface area contributed by atoms with Crippen molar-refractivity contribution < 1.29 is 9.59 Å². The zero-order chi connectivity index (χ0) is 14.8. The van der Waals surface area contributed by atoms with Crippen LogP contribution in [0.25, 0.3) is 0 Å². The normalized spacial score (nSPS) is 13.8. The van der Waals surface area contributed by atoms with E-state index in [1.807, 2.05) is 5.38 Å². The molecule has 1 aromatic heterocycles. The molecule has 0 bridgehead atoms. The Hall–Kier alpha value is -2.21. The Morgan fingerprint density at radius 2 is 1.90 bits per heavy atom.